The standard InChI is InChI=1S/C20H17FN2O4S/c1-2-26-19(25)14-4-3-5-16(10-14)23-18(24)12-28-20-22-11-17(27-20)13-6-8-15(21)9-7-13/h3-11H,2,12H2,1H3,(H,23,24). The Morgan fingerprint density at radius 3 is 2.75 bits per heavy atom. The van der Waals surface area contributed by atoms with E-state index in [1.165, 1.54) is 18.3 Å². The van der Waals surface area contributed by atoms with Crippen molar-refractivity contribution >= 4 is 29.3 Å². The topological polar surface area (TPSA) is 81.4 Å². The van der Waals surface area contributed by atoms with E-state index in [2.05, 4.69) is 10.3 Å². The molecule has 1 amide bonds. The summed E-state index contributed by atoms with van der Waals surface area (Å²) < 4.78 is 23.5. The number of carbonyl (C=O) groups excluding carboxylic acids is 2. The van der Waals surface area contributed by atoms with Gasteiger partial charge < -0.3 is 14.5 Å². The summed E-state index contributed by atoms with van der Waals surface area (Å²) >= 11 is 1.13. The highest BCUT2D eigenvalue weighted by atomic mass is 32.2. The van der Waals surface area contributed by atoms with Crippen molar-refractivity contribution in [1.29, 1.82) is 0 Å². The summed E-state index contributed by atoms with van der Waals surface area (Å²) in [5, 5.41) is 3.04. The van der Waals surface area contributed by atoms with Crippen LogP contribution in [-0.2, 0) is 9.53 Å². The molecule has 1 N–H and O–H groups in total. The fourth-order valence-electron chi connectivity index (χ4n) is 2.34. The first kappa shape index (κ1) is 19.6. The Hall–Kier alpha value is -3.13. The van der Waals surface area contributed by atoms with Gasteiger partial charge in [-0.1, -0.05) is 17.8 Å². The molecule has 8 heteroatoms. The zero-order valence-electron chi connectivity index (χ0n) is 15.0. The zero-order valence-corrected chi connectivity index (χ0v) is 15.8. The number of benzene rings is 2. The number of anilines is 1. The van der Waals surface area contributed by atoms with Crippen LogP contribution < -0.4 is 5.32 Å². The predicted molar refractivity (Wildman–Crippen MR) is 104 cm³/mol. The lowest BCUT2D eigenvalue weighted by atomic mass is 10.2. The van der Waals surface area contributed by atoms with Gasteiger partial charge >= 0.3 is 5.97 Å². The molecule has 0 unspecified atom stereocenters. The number of aromatic nitrogens is 1. The van der Waals surface area contributed by atoms with Crippen molar-refractivity contribution in [3.8, 4) is 11.3 Å². The van der Waals surface area contributed by atoms with E-state index in [0.717, 1.165) is 11.8 Å². The molecule has 1 aromatic heterocycles. The minimum Gasteiger partial charge on any atom is -0.462 e. The quantitative estimate of drug-likeness (QED) is 0.468. The third kappa shape index (κ3) is 5.20. The van der Waals surface area contributed by atoms with Crippen LogP contribution in [-0.4, -0.2) is 29.2 Å². The maximum Gasteiger partial charge on any atom is 0.338 e. The fourth-order valence-corrected chi connectivity index (χ4v) is 2.94. The maximum atomic E-state index is 13.0. The molecule has 0 atom stereocenters. The molecule has 0 aliphatic rings. The molecule has 28 heavy (non-hydrogen) atoms. The molecule has 0 fully saturated rings. The van der Waals surface area contributed by atoms with Crippen LogP contribution in [0.4, 0.5) is 10.1 Å². The third-order valence-electron chi connectivity index (χ3n) is 3.60. The summed E-state index contributed by atoms with van der Waals surface area (Å²) in [5.41, 5.74) is 1.56. The molecular formula is C20H17FN2O4S. The number of rotatable bonds is 7. The van der Waals surface area contributed by atoms with E-state index >= 15 is 0 Å². The molecule has 1 heterocycles. The molecule has 2 aromatic carbocycles. The van der Waals surface area contributed by atoms with Crippen molar-refractivity contribution in [2.24, 2.45) is 0 Å². The van der Waals surface area contributed by atoms with E-state index in [0.29, 0.717) is 27.8 Å². The maximum absolute atomic E-state index is 13.0. The van der Waals surface area contributed by atoms with Gasteiger partial charge in [0.15, 0.2) is 5.76 Å². The number of halogens is 1. The summed E-state index contributed by atoms with van der Waals surface area (Å²) in [6.45, 7) is 2.01. The number of hydrogen-bond donors (Lipinski definition) is 1. The molecular weight excluding hydrogens is 383 g/mol. The number of amides is 1. The molecule has 3 aromatic rings. The molecule has 0 saturated heterocycles. The Morgan fingerprint density at radius 2 is 2.00 bits per heavy atom. The first-order valence-electron chi connectivity index (χ1n) is 8.46. The number of oxazole rings is 1. The SMILES string of the molecule is CCOC(=O)c1cccc(NC(=O)CSc2ncc(-c3ccc(F)cc3)o2)c1. The normalized spacial score (nSPS) is 10.5. The minimum absolute atomic E-state index is 0.0764. The van der Waals surface area contributed by atoms with Gasteiger partial charge in [0.25, 0.3) is 5.22 Å². The highest BCUT2D eigenvalue weighted by Gasteiger charge is 2.12. The average Bonchev–Trinajstić information content (AvgIpc) is 3.16. The van der Waals surface area contributed by atoms with Crippen molar-refractivity contribution < 1.29 is 23.1 Å². The number of esters is 1. The van der Waals surface area contributed by atoms with Crippen molar-refractivity contribution in [2.75, 3.05) is 17.7 Å². The minimum atomic E-state index is -0.443. The van der Waals surface area contributed by atoms with Crippen LogP contribution in [0.3, 0.4) is 0 Å². The van der Waals surface area contributed by atoms with Gasteiger partial charge in [-0.2, -0.15) is 0 Å². The first-order valence-corrected chi connectivity index (χ1v) is 9.45. The average molecular weight is 400 g/mol. The monoisotopic (exact) mass is 400 g/mol. The Bertz CT molecular complexity index is 972. The van der Waals surface area contributed by atoms with Crippen molar-refractivity contribution in [3.63, 3.8) is 0 Å². The van der Waals surface area contributed by atoms with Crippen molar-refractivity contribution in [2.45, 2.75) is 12.1 Å². The van der Waals surface area contributed by atoms with Crippen LogP contribution >= 0.6 is 11.8 Å². The Kier molecular flexibility index (Phi) is 6.44. The van der Waals surface area contributed by atoms with Gasteiger partial charge in [-0.15, -0.1) is 0 Å². The van der Waals surface area contributed by atoms with E-state index < -0.39 is 5.97 Å². The molecule has 0 aliphatic carbocycles. The number of thioether (sulfide) groups is 1. The van der Waals surface area contributed by atoms with E-state index in [4.69, 9.17) is 9.15 Å². The molecule has 3 rings (SSSR count). The van der Waals surface area contributed by atoms with Crippen LogP contribution in [0.5, 0.6) is 0 Å². The van der Waals surface area contributed by atoms with Crippen molar-refractivity contribution in [3.05, 3.63) is 66.1 Å². The molecule has 0 radical (unpaired) electrons. The van der Waals surface area contributed by atoms with Gasteiger partial charge in [-0.3, -0.25) is 4.79 Å². The second-order valence-corrected chi connectivity index (χ2v) is 6.56. The van der Waals surface area contributed by atoms with Crippen LogP contribution in [0.1, 0.15) is 17.3 Å². The van der Waals surface area contributed by atoms with Gasteiger partial charge in [-0.25, -0.2) is 14.2 Å². The largest absolute Gasteiger partial charge is 0.462 e. The number of nitrogens with one attached hydrogen (secondary N) is 1. The fraction of sp³-hybridized carbons (Fsp3) is 0.150. The smallest absolute Gasteiger partial charge is 0.338 e. The highest BCUT2D eigenvalue weighted by molar-refractivity contribution is 7.99. The van der Waals surface area contributed by atoms with Gasteiger partial charge in [0, 0.05) is 11.3 Å². The van der Waals surface area contributed by atoms with Gasteiger partial charge in [0.2, 0.25) is 5.91 Å². The lowest BCUT2D eigenvalue weighted by Crippen LogP contribution is -2.14. The number of nitrogens with zero attached hydrogens (tertiary/aromatic N) is 1. The second-order valence-electron chi connectivity index (χ2n) is 5.64. The molecule has 144 valence electrons. The van der Waals surface area contributed by atoms with E-state index in [1.54, 1.807) is 43.3 Å². The summed E-state index contributed by atoms with van der Waals surface area (Å²) in [6, 6.07) is 12.4. The first-order chi connectivity index (χ1) is 13.5. The van der Waals surface area contributed by atoms with Crippen LogP contribution in [0.25, 0.3) is 11.3 Å². The third-order valence-corrected chi connectivity index (χ3v) is 4.44. The Balaban J connectivity index is 1.56. The van der Waals surface area contributed by atoms with Crippen LogP contribution in [0.2, 0.25) is 0 Å². The predicted octanol–water partition coefficient (Wildman–Crippen LogP) is 4.39. The van der Waals surface area contributed by atoms with E-state index in [1.807, 2.05) is 0 Å². The van der Waals surface area contributed by atoms with Gasteiger partial charge in [0.05, 0.1) is 24.1 Å². The Labute approximate surface area is 165 Å². The van der Waals surface area contributed by atoms with E-state index in [-0.39, 0.29) is 24.1 Å². The highest BCUT2D eigenvalue weighted by Crippen LogP contribution is 2.25. The molecule has 6 nitrogen and oxygen atoms in total. The number of hydrogen-bond acceptors (Lipinski definition) is 6. The number of ether oxygens (including phenoxy) is 1. The van der Waals surface area contributed by atoms with Gasteiger partial charge in [0.1, 0.15) is 5.82 Å². The lowest BCUT2D eigenvalue weighted by Gasteiger charge is -2.06. The summed E-state index contributed by atoms with van der Waals surface area (Å²) in [4.78, 5) is 28.0. The zero-order chi connectivity index (χ0) is 19.9. The summed E-state index contributed by atoms with van der Waals surface area (Å²) in [6.07, 6.45) is 1.52. The Morgan fingerprint density at radius 1 is 1.21 bits per heavy atom. The van der Waals surface area contributed by atoms with Crippen LogP contribution in [0, 0.1) is 5.82 Å². The molecule has 0 spiro atoms. The van der Waals surface area contributed by atoms with Crippen LogP contribution in [0.15, 0.2) is 64.4 Å². The lowest BCUT2D eigenvalue weighted by molar-refractivity contribution is -0.113. The summed E-state index contributed by atoms with van der Waals surface area (Å²) in [7, 11) is 0. The van der Waals surface area contributed by atoms with Gasteiger partial charge in [-0.05, 0) is 49.4 Å². The molecule has 0 aliphatic heterocycles. The van der Waals surface area contributed by atoms with E-state index in [9.17, 15) is 14.0 Å². The molecule has 0 bridgehead atoms. The molecule has 0 saturated carbocycles. The van der Waals surface area contributed by atoms with Crippen molar-refractivity contribution in [1.82, 2.24) is 4.98 Å². The summed E-state index contributed by atoms with van der Waals surface area (Å²) in [5.74, 6) is -0.479. The second kappa shape index (κ2) is 9.18. The number of carbonyl (C=O) groups is 2.